The van der Waals surface area contributed by atoms with Gasteiger partial charge in [-0.3, -0.25) is 4.79 Å². The molecule has 0 aromatic heterocycles. The molecule has 0 aliphatic heterocycles. The van der Waals surface area contributed by atoms with Gasteiger partial charge in [0.1, 0.15) is 0 Å². The van der Waals surface area contributed by atoms with Gasteiger partial charge in [-0.15, -0.1) is 0 Å². The highest BCUT2D eigenvalue weighted by molar-refractivity contribution is 7.89. The summed E-state index contributed by atoms with van der Waals surface area (Å²) in [5.74, 6) is 0.117. The van der Waals surface area contributed by atoms with Gasteiger partial charge < -0.3 is 4.74 Å². The third kappa shape index (κ3) is 7.76. The number of carbonyl (C=O) groups excluding carboxylic acids is 1. The molecule has 1 aromatic rings. The summed E-state index contributed by atoms with van der Waals surface area (Å²) in [5, 5.41) is 0. The molecule has 2 rings (SSSR count). The summed E-state index contributed by atoms with van der Waals surface area (Å²) in [6.45, 7) is 3.78. The first kappa shape index (κ1) is 22.6. The number of esters is 1. The van der Waals surface area contributed by atoms with Crippen molar-refractivity contribution < 1.29 is 17.9 Å². The SMILES string of the molecule is CC(=O)OCCC/C=C/CC(NS(=O)(=O)c1ccc(C)cc1)C1CCCCC1. The van der Waals surface area contributed by atoms with Crippen LogP contribution in [0.5, 0.6) is 0 Å². The second kappa shape index (κ2) is 11.4. The smallest absolute Gasteiger partial charge is 0.302 e. The first-order valence-corrected chi connectivity index (χ1v) is 11.7. The maximum Gasteiger partial charge on any atom is 0.302 e. The number of rotatable bonds is 10. The van der Waals surface area contributed by atoms with Crippen LogP contribution in [0.4, 0.5) is 0 Å². The van der Waals surface area contributed by atoms with Crippen LogP contribution in [0.3, 0.4) is 0 Å². The molecule has 1 atom stereocenters. The molecule has 5 nitrogen and oxygen atoms in total. The fraction of sp³-hybridized carbons (Fsp3) is 0.591. The number of sulfonamides is 1. The summed E-state index contributed by atoms with van der Waals surface area (Å²) in [6.07, 6.45) is 12.1. The summed E-state index contributed by atoms with van der Waals surface area (Å²) in [6, 6.07) is 6.90. The first-order chi connectivity index (χ1) is 13.4. The minimum absolute atomic E-state index is 0.0867. The predicted octanol–water partition coefficient (Wildman–Crippen LogP) is 4.51. The Morgan fingerprint density at radius 1 is 1.18 bits per heavy atom. The molecule has 28 heavy (non-hydrogen) atoms. The van der Waals surface area contributed by atoms with Crippen LogP contribution in [0, 0.1) is 12.8 Å². The highest BCUT2D eigenvalue weighted by Gasteiger charge is 2.27. The van der Waals surface area contributed by atoms with Gasteiger partial charge >= 0.3 is 5.97 Å². The molecule has 6 heteroatoms. The molecular weight excluding hydrogens is 374 g/mol. The highest BCUT2D eigenvalue weighted by atomic mass is 32.2. The highest BCUT2D eigenvalue weighted by Crippen LogP contribution is 2.29. The van der Waals surface area contributed by atoms with E-state index in [9.17, 15) is 13.2 Å². The molecule has 1 aromatic carbocycles. The van der Waals surface area contributed by atoms with Crippen molar-refractivity contribution in [1.29, 1.82) is 0 Å². The lowest BCUT2D eigenvalue weighted by molar-refractivity contribution is -0.141. The Kier molecular flexibility index (Phi) is 9.19. The van der Waals surface area contributed by atoms with Gasteiger partial charge in [-0.05, 0) is 57.1 Å². The van der Waals surface area contributed by atoms with Crippen LogP contribution in [0.2, 0.25) is 0 Å². The Balaban J connectivity index is 1.97. The molecule has 0 radical (unpaired) electrons. The molecule has 1 unspecified atom stereocenters. The fourth-order valence-electron chi connectivity index (χ4n) is 3.64. The molecule has 1 saturated carbocycles. The zero-order chi connectivity index (χ0) is 20.4. The van der Waals surface area contributed by atoms with E-state index in [4.69, 9.17) is 4.74 Å². The molecule has 1 aliphatic rings. The Morgan fingerprint density at radius 3 is 2.50 bits per heavy atom. The van der Waals surface area contributed by atoms with Crippen molar-refractivity contribution in [2.45, 2.75) is 76.2 Å². The summed E-state index contributed by atoms with van der Waals surface area (Å²) >= 11 is 0. The van der Waals surface area contributed by atoms with E-state index in [0.29, 0.717) is 23.8 Å². The Morgan fingerprint density at radius 2 is 1.86 bits per heavy atom. The largest absolute Gasteiger partial charge is 0.466 e. The molecule has 0 saturated heterocycles. The molecule has 0 heterocycles. The van der Waals surface area contributed by atoms with Crippen molar-refractivity contribution in [3.63, 3.8) is 0 Å². The van der Waals surface area contributed by atoms with Gasteiger partial charge in [0.15, 0.2) is 0 Å². The van der Waals surface area contributed by atoms with Gasteiger partial charge in [-0.25, -0.2) is 13.1 Å². The van der Waals surface area contributed by atoms with E-state index in [0.717, 1.165) is 31.2 Å². The lowest BCUT2D eigenvalue weighted by Crippen LogP contribution is -2.40. The number of aryl methyl sites for hydroxylation is 1. The van der Waals surface area contributed by atoms with Crippen molar-refractivity contribution in [1.82, 2.24) is 4.72 Å². The molecule has 0 amide bonds. The van der Waals surface area contributed by atoms with E-state index in [2.05, 4.69) is 16.9 Å². The van der Waals surface area contributed by atoms with Crippen molar-refractivity contribution >= 4 is 16.0 Å². The average molecular weight is 408 g/mol. The lowest BCUT2D eigenvalue weighted by Gasteiger charge is -2.30. The van der Waals surface area contributed by atoms with Crippen LogP contribution >= 0.6 is 0 Å². The Hall–Kier alpha value is -1.66. The van der Waals surface area contributed by atoms with E-state index in [1.165, 1.54) is 26.2 Å². The van der Waals surface area contributed by atoms with E-state index in [1.54, 1.807) is 12.1 Å². The van der Waals surface area contributed by atoms with Gasteiger partial charge in [0.05, 0.1) is 11.5 Å². The van der Waals surface area contributed by atoms with Gasteiger partial charge in [0.2, 0.25) is 10.0 Å². The number of allylic oxidation sites excluding steroid dienone is 1. The summed E-state index contributed by atoms with van der Waals surface area (Å²) < 4.78 is 33.6. The van der Waals surface area contributed by atoms with Gasteiger partial charge in [-0.2, -0.15) is 0 Å². The third-order valence-corrected chi connectivity index (χ3v) is 6.74. The number of hydrogen-bond donors (Lipinski definition) is 1. The topological polar surface area (TPSA) is 72.5 Å². The number of ether oxygens (including phenoxy) is 1. The second-order valence-electron chi connectivity index (χ2n) is 7.63. The number of benzene rings is 1. The van der Waals surface area contributed by atoms with Crippen LogP contribution < -0.4 is 4.72 Å². The van der Waals surface area contributed by atoms with Crippen molar-refractivity contribution in [2.24, 2.45) is 5.92 Å². The van der Waals surface area contributed by atoms with Gasteiger partial charge in [-0.1, -0.05) is 49.1 Å². The normalized spacial score (nSPS) is 16.9. The molecule has 0 bridgehead atoms. The lowest BCUT2D eigenvalue weighted by atomic mass is 9.83. The quantitative estimate of drug-likeness (QED) is 0.352. The van der Waals surface area contributed by atoms with Crippen LogP contribution in [0.1, 0.15) is 63.9 Å². The molecule has 1 N–H and O–H groups in total. The van der Waals surface area contributed by atoms with Gasteiger partial charge in [0.25, 0.3) is 0 Å². The van der Waals surface area contributed by atoms with Crippen molar-refractivity contribution in [3.05, 3.63) is 42.0 Å². The number of carbonyl (C=O) groups is 1. The first-order valence-electron chi connectivity index (χ1n) is 10.3. The van der Waals surface area contributed by atoms with Crippen LogP contribution in [0.15, 0.2) is 41.3 Å². The number of unbranched alkanes of at least 4 members (excludes halogenated alkanes) is 1. The monoisotopic (exact) mass is 407 g/mol. The second-order valence-corrected chi connectivity index (χ2v) is 9.34. The minimum atomic E-state index is -3.53. The van der Waals surface area contributed by atoms with Gasteiger partial charge in [0, 0.05) is 13.0 Å². The van der Waals surface area contributed by atoms with E-state index >= 15 is 0 Å². The zero-order valence-electron chi connectivity index (χ0n) is 17.0. The zero-order valence-corrected chi connectivity index (χ0v) is 17.8. The molecule has 0 spiro atoms. The fourth-order valence-corrected chi connectivity index (χ4v) is 4.95. The summed E-state index contributed by atoms with van der Waals surface area (Å²) in [5.41, 5.74) is 1.04. The standard InChI is InChI=1S/C22H33NO4S/c1-18-13-15-21(16-14-18)28(25,26)23-22(20-10-6-5-7-11-20)12-8-3-4-9-17-27-19(2)24/h3,8,13-16,20,22-23H,4-7,9-12,17H2,1-2H3/b8-3+. The van der Waals surface area contributed by atoms with E-state index < -0.39 is 10.0 Å². The van der Waals surface area contributed by atoms with Crippen molar-refractivity contribution in [2.75, 3.05) is 6.61 Å². The van der Waals surface area contributed by atoms with E-state index in [-0.39, 0.29) is 12.0 Å². The van der Waals surface area contributed by atoms with E-state index in [1.807, 2.05) is 19.1 Å². The van der Waals surface area contributed by atoms with Crippen LogP contribution in [0.25, 0.3) is 0 Å². The molecule has 1 fully saturated rings. The maximum atomic E-state index is 12.9. The summed E-state index contributed by atoms with van der Waals surface area (Å²) in [4.78, 5) is 11.1. The summed E-state index contributed by atoms with van der Waals surface area (Å²) in [7, 11) is -3.53. The number of hydrogen-bond acceptors (Lipinski definition) is 4. The van der Waals surface area contributed by atoms with Crippen LogP contribution in [-0.2, 0) is 19.6 Å². The number of nitrogens with one attached hydrogen (secondary N) is 1. The Labute approximate surface area is 169 Å². The Bertz CT molecular complexity index is 734. The average Bonchev–Trinajstić information content (AvgIpc) is 2.67. The molecule has 156 valence electrons. The minimum Gasteiger partial charge on any atom is -0.466 e. The third-order valence-electron chi connectivity index (χ3n) is 5.23. The molecular formula is C22H33NO4S. The molecule has 1 aliphatic carbocycles. The van der Waals surface area contributed by atoms with Crippen LogP contribution in [-0.4, -0.2) is 27.0 Å². The predicted molar refractivity (Wildman–Crippen MR) is 111 cm³/mol. The maximum absolute atomic E-state index is 12.9. The van der Waals surface area contributed by atoms with Crippen molar-refractivity contribution in [3.8, 4) is 0 Å².